The molecule has 1 aliphatic rings. The summed E-state index contributed by atoms with van der Waals surface area (Å²) in [6, 6.07) is 7.83. The third-order valence-corrected chi connectivity index (χ3v) is 4.92. The smallest absolute Gasteiger partial charge is 0.289 e. The van der Waals surface area contributed by atoms with E-state index in [1.54, 1.807) is 13.3 Å². The van der Waals surface area contributed by atoms with Gasteiger partial charge in [-0.05, 0) is 31.9 Å². The average Bonchev–Trinajstić information content (AvgIpc) is 3.30. The number of benzene rings is 1. The number of ether oxygens (including phenoxy) is 1. The summed E-state index contributed by atoms with van der Waals surface area (Å²) in [5.41, 5.74) is 1.49. The van der Waals surface area contributed by atoms with Gasteiger partial charge in [0.1, 0.15) is 0 Å². The Hall–Kier alpha value is -2.76. The van der Waals surface area contributed by atoms with Crippen molar-refractivity contribution in [3.63, 3.8) is 0 Å². The molecular formula is C19H21N3O3. The van der Waals surface area contributed by atoms with Crippen LogP contribution >= 0.6 is 0 Å². The number of nitrogens with zero attached hydrogens (tertiary/aromatic N) is 3. The Morgan fingerprint density at radius 1 is 1.36 bits per heavy atom. The van der Waals surface area contributed by atoms with E-state index in [-0.39, 0.29) is 11.9 Å². The SMILES string of the molecule is COc1cccc2c(C)c(C(=O)N3CCC[C@@H](n4cccn4)C3)oc12. The van der Waals surface area contributed by atoms with Crippen molar-refractivity contribution in [1.82, 2.24) is 14.7 Å². The fraction of sp³-hybridized carbons (Fsp3) is 0.368. The van der Waals surface area contributed by atoms with E-state index in [4.69, 9.17) is 9.15 Å². The highest BCUT2D eigenvalue weighted by molar-refractivity contribution is 6.00. The lowest BCUT2D eigenvalue weighted by Gasteiger charge is -2.32. The number of rotatable bonds is 3. The van der Waals surface area contributed by atoms with Gasteiger partial charge in [0, 0.05) is 36.4 Å². The number of piperidine rings is 1. The van der Waals surface area contributed by atoms with Gasteiger partial charge in [-0.2, -0.15) is 5.10 Å². The highest BCUT2D eigenvalue weighted by Gasteiger charge is 2.29. The molecule has 0 N–H and O–H groups in total. The quantitative estimate of drug-likeness (QED) is 0.733. The minimum Gasteiger partial charge on any atom is -0.493 e. The van der Waals surface area contributed by atoms with Gasteiger partial charge in [-0.1, -0.05) is 12.1 Å². The number of likely N-dealkylation sites (tertiary alicyclic amines) is 1. The maximum Gasteiger partial charge on any atom is 0.289 e. The van der Waals surface area contributed by atoms with Crippen LogP contribution in [0.2, 0.25) is 0 Å². The van der Waals surface area contributed by atoms with Crippen LogP contribution in [-0.2, 0) is 0 Å². The van der Waals surface area contributed by atoms with Crippen molar-refractivity contribution in [2.45, 2.75) is 25.8 Å². The van der Waals surface area contributed by atoms with Crippen molar-refractivity contribution in [3.8, 4) is 5.75 Å². The van der Waals surface area contributed by atoms with Gasteiger partial charge in [-0.3, -0.25) is 9.48 Å². The normalized spacial score (nSPS) is 17.8. The molecule has 1 aliphatic heterocycles. The first-order valence-corrected chi connectivity index (χ1v) is 8.53. The van der Waals surface area contributed by atoms with Crippen LogP contribution in [0, 0.1) is 6.92 Å². The summed E-state index contributed by atoms with van der Waals surface area (Å²) in [7, 11) is 1.60. The number of methoxy groups -OCH3 is 1. The van der Waals surface area contributed by atoms with Crippen LogP contribution in [-0.4, -0.2) is 40.8 Å². The molecule has 6 heteroatoms. The molecule has 1 aromatic carbocycles. The Morgan fingerprint density at radius 2 is 2.24 bits per heavy atom. The Morgan fingerprint density at radius 3 is 3.00 bits per heavy atom. The highest BCUT2D eigenvalue weighted by Crippen LogP contribution is 2.33. The van der Waals surface area contributed by atoms with E-state index in [9.17, 15) is 4.79 Å². The van der Waals surface area contributed by atoms with E-state index in [1.165, 1.54) is 0 Å². The average molecular weight is 339 g/mol. The van der Waals surface area contributed by atoms with Crippen molar-refractivity contribution >= 4 is 16.9 Å². The van der Waals surface area contributed by atoms with Crippen molar-refractivity contribution in [2.75, 3.05) is 20.2 Å². The molecule has 0 unspecified atom stereocenters. The third kappa shape index (κ3) is 2.67. The Labute approximate surface area is 146 Å². The van der Waals surface area contributed by atoms with Crippen molar-refractivity contribution in [1.29, 1.82) is 0 Å². The molecule has 3 heterocycles. The Kier molecular flexibility index (Phi) is 3.95. The third-order valence-electron chi connectivity index (χ3n) is 4.92. The van der Waals surface area contributed by atoms with E-state index < -0.39 is 0 Å². The predicted molar refractivity (Wildman–Crippen MR) is 93.9 cm³/mol. The molecule has 0 bridgehead atoms. The molecule has 0 spiro atoms. The summed E-state index contributed by atoms with van der Waals surface area (Å²) in [4.78, 5) is 14.9. The van der Waals surface area contributed by atoms with Crippen LogP contribution < -0.4 is 4.74 Å². The molecule has 0 aliphatic carbocycles. The molecule has 0 saturated carbocycles. The van der Waals surface area contributed by atoms with E-state index in [0.717, 1.165) is 30.3 Å². The zero-order valence-corrected chi connectivity index (χ0v) is 14.4. The lowest BCUT2D eigenvalue weighted by atomic mass is 10.0. The molecular weight excluding hydrogens is 318 g/mol. The number of furan rings is 1. The molecule has 4 rings (SSSR count). The highest BCUT2D eigenvalue weighted by atomic mass is 16.5. The largest absolute Gasteiger partial charge is 0.493 e. The Balaban J connectivity index is 1.64. The van der Waals surface area contributed by atoms with E-state index >= 15 is 0 Å². The number of aromatic nitrogens is 2. The molecule has 2 aromatic heterocycles. The van der Waals surface area contributed by atoms with Crippen molar-refractivity contribution < 1.29 is 13.9 Å². The number of hydrogen-bond donors (Lipinski definition) is 0. The summed E-state index contributed by atoms with van der Waals surface area (Å²) in [5.74, 6) is 0.987. The summed E-state index contributed by atoms with van der Waals surface area (Å²) in [5, 5.41) is 5.24. The van der Waals surface area contributed by atoms with Gasteiger partial charge >= 0.3 is 0 Å². The van der Waals surface area contributed by atoms with Gasteiger partial charge in [0.25, 0.3) is 5.91 Å². The van der Waals surface area contributed by atoms with Gasteiger partial charge in [0.15, 0.2) is 17.1 Å². The van der Waals surface area contributed by atoms with Gasteiger partial charge in [-0.25, -0.2) is 0 Å². The van der Waals surface area contributed by atoms with E-state index in [1.807, 2.05) is 47.0 Å². The maximum absolute atomic E-state index is 13.1. The van der Waals surface area contributed by atoms with Gasteiger partial charge in [0.2, 0.25) is 0 Å². The molecule has 1 fully saturated rings. The fourth-order valence-electron chi connectivity index (χ4n) is 3.58. The van der Waals surface area contributed by atoms with Crippen molar-refractivity contribution in [2.24, 2.45) is 0 Å². The van der Waals surface area contributed by atoms with Crippen LogP contribution in [0.4, 0.5) is 0 Å². The van der Waals surface area contributed by atoms with Gasteiger partial charge < -0.3 is 14.1 Å². The van der Waals surface area contributed by atoms with Gasteiger partial charge in [0.05, 0.1) is 13.2 Å². The first-order chi connectivity index (χ1) is 12.2. The predicted octanol–water partition coefficient (Wildman–Crippen LogP) is 3.42. The van der Waals surface area contributed by atoms with Crippen LogP contribution in [0.25, 0.3) is 11.0 Å². The number of hydrogen-bond acceptors (Lipinski definition) is 4. The number of aryl methyl sites for hydroxylation is 1. The Bertz CT molecular complexity index is 898. The zero-order chi connectivity index (χ0) is 17.4. The second kappa shape index (κ2) is 6.27. The van der Waals surface area contributed by atoms with Gasteiger partial charge in [-0.15, -0.1) is 0 Å². The molecule has 1 amide bonds. The number of fused-ring (bicyclic) bond motifs is 1. The number of carbonyl (C=O) groups excluding carboxylic acids is 1. The maximum atomic E-state index is 13.1. The lowest BCUT2D eigenvalue weighted by molar-refractivity contribution is 0.0642. The van der Waals surface area contributed by atoms with Crippen LogP contribution in [0.15, 0.2) is 41.1 Å². The van der Waals surface area contributed by atoms with Crippen LogP contribution in [0.5, 0.6) is 5.75 Å². The molecule has 25 heavy (non-hydrogen) atoms. The van der Waals surface area contributed by atoms with Crippen LogP contribution in [0.3, 0.4) is 0 Å². The van der Waals surface area contributed by atoms with E-state index in [2.05, 4.69) is 5.10 Å². The fourth-order valence-corrected chi connectivity index (χ4v) is 3.58. The lowest BCUT2D eigenvalue weighted by Crippen LogP contribution is -2.40. The summed E-state index contributed by atoms with van der Waals surface area (Å²) >= 11 is 0. The molecule has 6 nitrogen and oxygen atoms in total. The first-order valence-electron chi connectivity index (χ1n) is 8.53. The molecule has 1 saturated heterocycles. The number of carbonyl (C=O) groups is 1. The zero-order valence-electron chi connectivity index (χ0n) is 14.4. The minimum absolute atomic E-state index is 0.0624. The van der Waals surface area contributed by atoms with E-state index in [0.29, 0.717) is 23.6 Å². The summed E-state index contributed by atoms with van der Waals surface area (Å²) < 4.78 is 13.2. The first kappa shape index (κ1) is 15.7. The monoisotopic (exact) mass is 339 g/mol. The van der Waals surface area contributed by atoms with Crippen molar-refractivity contribution in [3.05, 3.63) is 48.0 Å². The summed E-state index contributed by atoms with van der Waals surface area (Å²) in [6.07, 6.45) is 5.71. The topological polar surface area (TPSA) is 60.5 Å². The minimum atomic E-state index is -0.0624. The van der Waals surface area contributed by atoms with Crippen LogP contribution in [0.1, 0.15) is 35.0 Å². The number of para-hydroxylation sites is 1. The second-order valence-corrected chi connectivity index (χ2v) is 6.43. The summed E-state index contributed by atoms with van der Waals surface area (Å²) in [6.45, 7) is 3.31. The standard InChI is InChI=1S/C19H21N3O3/c1-13-15-7-3-8-16(24-2)18(15)25-17(13)19(23)21-10-4-6-14(12-21)22-11-5-9-20-22/h3,5,7-9,11,14H,4,6,10,12H2,1-2H3/t14-/m1/s1. The second-order valence-electron chi connectivity index (χ2n) is 6.43. The number of amides is 1. The molecule has 0 radical (unpaired) electrons. The molecule has 130 valence electrons. The molecule has 3 aromatic rings. The molecule has 1 atom stereocenters.